The van der Waals surface area contributed by atoms with Crippen molar-refractivity contribution >= 4 is 28.6 Å². The molecule has 3 aromatic heterocycles. The normalized spacial score (nSPS) is 12.6. The molecule has 0 saturated carbocycles. The maximum atomic E-state index is 4.54. The van der Waals surface area contributed by atoms with E-state index in [1.807, 2.05) is 30.0 Å². The fourth-order valence-electron chi connectivity index (χ4n) is 1.99. The molecule has 2 N–H and O–H groups in total. The Morgan fingerprint density at radius 3 is 2.90 bits per heavy atom. The van der Waals surface area contributed by atoms with Gasteiger partial charge in [-0.3, -0.25) is 0 Å². The number of imidazole rings is 1. The van der Waals surface area contributed by atoms with E-state index in [1.54, 1.807) is 17.5 Å². The second-order valence-electron chi connectivity index (χ2n) is 4.56. The van der Waals surface area contributed by atoms with E-state index in [4.69, 9.17) is 0 Å². The topological polar surface area (TPSA) is 67.1 Å². The quantitative estimate of drug-likeness (QED) is 0.772. The molecule has 0 aromatic carbocycles. The molecule has 0 aliphatic heterocycles. The Balaban J connectivity index is 1.95. The van der Waals surface area contributed by atoms with Crippen molar-refractivity contribution in [3.63, 3.8) is 0 Å². The van der Waals surface area contributed by atoms with E-state index in [9.17, 15) is 0 Å². The summed E-state index contributed by atoms with van der Waals surface area (Å²) in [5.74, 6) is 1.54. The minimum atomic E-state index is 0.0915. The molecule has 0 amide bonds. The van der Waals surface area contributed by atoms with Crippen LogP contribution in [0.2, 0.25) is 0 Å². The van der Waals surface area contributed by atoms with Crippen LogP contribution in [0.25, 0.3) is 5.65 Å². The van der Waals surface area contributed by atoms with Crippen LogP contribution in [0, 0.1) is 6.92 Å². The van der Waals surface area contributed by atoms with Crippen LogP contribution in [-0.4, -0.2) is 26.4 Å². The molecule has 1 unspecified atom stereocenters. The number of aryl methyl sites for hydroxylation is 1. The highest BCUT2D eigenvalue weighted by Crippen LogP contribution is 2.25. The number of thiazole rings is 1. The number of fused-ring (bicyclic) bond motifs is 1. The lowest BCUT2D eigenvalue weighted by Gasteiger charge is -2.13. The number of nitrogens with zero attached hydrogens (tertiary/aromatic N) is 4. The van der Waals surface area contributed by atoms with E-state index in [1.165, 1.54) is 4.88 Å². The average Bonchev–Trinajstić information content (AvgIpc) is 3.06. The van der Waals surface area contributed by atoms with E-state index >= 15 is 0 Å². The van der Waals surface area contributed by atoms with Crippen LogP contribution in [0.3, 0.4) is 0 Å². The van der Waals surface area contributed by atoms with E-state index in [0.29, 0.717) is 0 Å². The van der Waals surface area contributed by atoms with E-state index in [-0.39, 0.29) is 6.04 Å². The van der Waals surface area contributed by atoms with Crippen LogP contribution in [-0.2, 0) is 0 Å². The number of aromatic nitrogens is 4. The summed E-state index contributed by atoms with van der Waals surface area (Å²) in [5.41, 5.74) is 0.809. The van der Waals surface area contributed by atoms with E-state index in [0.717, 1.165) is 22.3 Å². The smallest absolute Gasteiger partial charge is 0.180 e. The Bertz CT molecular complexity index is 731. The lowest BCUT2D eigenvalue weighted by Crippen LogP contribution is -2.10. The van der Waals surface area contributed by atoms with Crippen LogP contribution in [0.1, 0.15) is 22.9 Å². The van der Waals surface area contributed by atoms with Gasteiger partial charge in [-0.2, -0.15) is 0 Å². The summed E-state index contributed by atoms with van der Waals surface area (Å²) >= 11 is 1.69. The fraction of sp³-hybridized carbons (Fsp3) is 0.308. The predicted molar refractivity (Wildman–Crippen MR) is 81.4 cm³/mol. The highest BCUT2D eigenvalue weighted by atomic mass is 32.1. The Kier molecular flexibility index (Phi) is 3.27. The molecule has 0 fully saturated rings. The maximum absolute atomic E-state index is 4.54. The van der Waals surface area contributed by atoms with Crippen molar-refractivity contribution in [3.8, 4) is 0 Å². The van der Waals surface area contributed by atoms with Gasteiger partial charge in [0.25, 0.3) is 0 Å². The molecule has 0 spiro atoms. The third kappa shape index (κ3) is 2.32. The molecule has 3 aromatic rings. The van der Waals surface area contributed by atoms with Crippen LogP contribution < -0.4 is 10.6 Å². The first-order chi connectivity index (χ1) is 9.67. The second kappa shape index (κ2) is 5.09. The first kappa shape index (κ1) is 12.9. The first-order valence-corrected chi connectivity index (χ1v) is 7.19. The summed E-state index contributed by atoms with van der Waals surface area (Å²) in [7, 11) is 1.85. The molecule has 3 heterocycles. The van der Waals surface area contributed by atoms with Crippen molar-refractivity contribution in [2.24, 2.45) is 0 Å². The van der Waals surface area contributed by atoms with Gasteiger partial charge < -0.3 is 15.0 Å². The summed E-state index contributed by atoms with van der Waals surface area (Å²) in [6, 6.07) is 0.0915. The number of rotatable bonds is 4. The average molecular weight is 288 g/mol. The molecule has 0 aliphatic carbocycles. The van der Waals surface area contributed by atoms with Gasteiger partial charge in [0.2, 0.25) is 0 Å². The van der Waals surface area contributed by atoms with Gasteiger partial charge in [0.1, 0.15) is 10.8 Å². The fourth-order valence-corrected chi connectivity index (χ4v) is 2.76. The van der Waals surface area contributed by atoms with Gasteiger partial charge in [-0.15, -0.1) is 11.3 Å². The third-order valence-electron chi connectivity index (χ3n) is 2.99. The highest BCUT2D eigenvalue weighted by Gasteiger charge is 2.13. The predicted octanol–water partition coefficient (Wildman–Crippen LogP) is 2.71. The van der Waals surface area contributed by atoms with Crippen LogP contribution in [0.5, 0.6) is 0 Å². The van der Waals surface area contributed by atoms with Crippen LogP contribution in [0.4, 0.5) is 11.6 Å². The van der Waals surface area contributed by atoms with E-state index in [2.05, 4.69) is 39.4 Å². The molecule has 0 saturated heterocycles. The molecule has 20 heavy (non-hydrogen) atoms. The zero-order valence-electron chi connectivity index (χ0n) is 11.6. The highest BCUT2D eigenvalue weighted by molar-refractivity contribution is 7.11. The third-order valence-corrected chi connectivity index (χ3v) is 4.09. The molecule has 0 aliphatic rings. The van der Waals surface area contributed by atoms with Gasteiger partial charge in [0.15, 0.2) is 11.5 Å². The van der Waals surface area contributed by atoms with Gasteiger partial charge in [0.05, 0.1) is 12.2 Å². The van der Waals surface area contributed by atoms with Crippen molar-refractivity contribution in [1.82, 2.24) is 19.4 Å². The minimum Gasteiger partial charge on any atom is -0.372 e. The van der Waals surface area contributed by atoms with Crippen molar-refractivity contribution in [3.05, 3.63) is 34.7 Å². The summed E-state index contributed by atoms with van der Waals surface area (Å²) in [6.07, 6.45) is 7.47. The zero-order chi connectivity index (χ0) is 14.1. The lowest BCUT2D eigenvalue weighted by molar-refractivity contribution is 0.859. The maximum Gasteiger partial charge on any atom is 0.180 e. The Morgan fingerprint density at radius 1 is 1.35 bits per heavy atom. The summed E-state index contributed by atoms with van der Waals surface area (Å²) in [5, 5.41) is 7.49. The SMILES string of the molecule is CNc1cn2ccnc2c(NC(C)c2ncc(C)s2)n1. The summed E-state index contributed by atoms with van der Waals surface area (Å²) in [4.78, 5) is 14.5. The largest absolute Gasteiger partial charge is 0.372 e. The van der Waals surface area contributed by atoms with Crippen LogP contribution in [0.15, 0.2) is 24.8 Å². The molecular formula is C13H16N6S. The van der Waals surface area contributed by atoms with Gasteiger partial charge in [-0.05, 0) is 13.8 Å². The summed E-state index contributed by atoms with van der Waals surface area (Å²) in [6.45, 7) is 4.13. The van der Waals surface area contributed by atoms with Crippen molar-refractivity contribution < 1.29 is 0 Å². The number of nitrogens with one attached hydrogen (secondary N) is 2. The summed E-state index contributed by atoms with van der Waals surface area (Å²) < 4.78 is 1.95. The second-order valence-corrected chi connectivity index (χ2v) is 5.82. The van der Waals surface area contributed by atoms with Gasteiger partial charge in [-0.25, -0.2) is 15.0 Å². The Hall–Kier alpha value is -2.15. The van der Waals surface area contributed by atoms with Gasteiger partial charge in [-0.1, -0.05) is 0 Å². The minimum absolute atomic E-state index is 0.0915. The molecule has 104 valence electrons. The monoisotopic (exact) mass is 288 g/mol. The lowest BCUT2D eigenvalue weighted by atomic mass is 10.3. The zero-order valence-corrected chi connectivity index (χ0v) is 12.4. The molecule has 7 heteroatoms. The molecular weight excluding hydrogens is 272 g/mol. The van der Waals surface area contributed by atoms with Gasteiger partial charge >= 0.3 is 0 Å². The molecule has 1 atom stereocenters. The van der Waals surface area contributed by atoms with Crippen molar-refractivity contribution in [2.75, 3.05) is 17.7 Å². The van der Waals surface area contributed by atoms with E-state index < -0.39 is 0 Å². The first-order valence-electron chi connectivity index (χ1n) is 6.37. The van der Waals surface area contributed by atoms with Crippen molar-refractivity contribution in [2.45, 2.75) is 19.9 Å². The molecule has 0 bridgehead atoms. The number of anilines is 2. The standard InChI is InChI=1S/C13H16N6S/c1-8-6-16-13(20-8)9(2)17-11-12-15-4-5-19(12)7-10(14-3)18-11/h4-7,9,14H,1-3H3,(H,17,18). The van der Waals surface area contributed by atoms with Crippen LogP contribution >= 0.6 is 11.3 Å². The molecule has 6 nitrogen and oxygen atoms in total. The van der Waals surface area contributed by atoms with Gasteiger partial charge in [0, 0.05) is 30.5 Å². The number of hydrogen-bond acceptors (Lipinski definition) is 6. The molecule has 3 rings (SSSR count). The number of hydrogen-bond donors (Lipinski definition) is 2. The Morgan fingerprint density at radius 2 is 2.20 bits per heavy atom. The Labute approximate surface area is 120 Å². The van der Waals surface area contributed by atoms with Crippen molar-refractivity contribution in [1.29, 1.82) is 0 Å². The molecule has 0 radical (unpaired) electrons.